The zero-order valence-electron chi connectivity index (χ0n) is 11.7. The zero-order chi connectivity index (χ0) is 14.6. The molecule has 0 saturated heterocycles. The number of anilines is 1. The van der Waals surface area contributed by atoms with E-state index in [2.05, 4.69) is 15.3 Å². The molecule has 1 fully saturated rings. The summed E-state index contributed by atoms with van der Waals surface area (Å²) in [6.45, 7) is 1.46. The van der Waals surface area contributed by atoms with Crippen molar-refractivity contribution in [3.05, 3.63) is 12.4 Å². The molecule has 7 nitrogen and oxygen atoms in total. The molecule has 20 heavy (non-hydrogen) atoms. The van der Waals surface area contributed by atoms with E-state index in [-0.39, 0.29) is 4.90 Å². The van der Waals surface area contributed by atoms with Crippen molar-refractivity contribution in [1.82, 2.24) is 14.3 Å². The second-order valence-electron chi connectivity index (χ2n) is 4.84. The van der Waals surface area contributed by atoms with Crippen LogP contribution in [0.2, 0.25) is 0 Å². The fraction of sp³-hybridized carbons (Fsp3) is 0.667. The molecule has 1 aromatic heterocycles. The summed E-state index contributed by atoms with van der Waals surface area (Å²) in [4.78, 5) is 7.91. The fourth-order valence-electron chi connectivity index (χ4n) is 1.61. The van der Waals surface area contributed by atoms with Gasteiger partial charge in [0.1, 0.15) is 4.90 Å². The van der Waals surface area contributed by atoms with Crippen LogP contribution < -0.4 is 5.32 Å². The number of likely N-dealkylation sites (N-methyl/N-ethyl adjacent to an activating group) is 1. The number of nitrogens with one attached hydrogen (secondary N) is 1. The molecule has 8 heteroatoms. The van der Waals surface area contributed by atoms with E-state index in [9.17, 15) is 8.42 Å². The molecule has 0 aliphatic heterocycles. The van der Waals surface area contributed by atoms with Crippen LogP contribution in [-0.4, -0.2) is 56.5 Å². The van der Waals surface area contributed by atoms with Crippen molar-refractivity contribution in [1.29, 1.82) is 0 Å². The highest BCUT2D eigenvalue weighted by Gasteiger charge is 2.23. The first kappa shape index (κ1) is 15.1. The van der Waals surface area contributed by atoms with Crippen molar-refractivity contribution < 1.29 is 13.2 Å². The summed E-state index contributed by atoms with van der Waals surface area (Å²) in [5.74, 6) is 1.07. The van der Waals surface area contributed by atoms with E-state index < -0.39 is 10.0 Å². The van der Waals surface area contributed by atoms with Gasteiger partial charge in [0.25, 0.3) is 0 Å². The summed E-state index contributed by atoms with van der Waals surface area (Å²) in [6.07, 6.45) is 5.05. The van der Waals surface area contributed by atoms with Crippen LogP contribution in [0.3, 0.4) is 0 Å². The second-order valence-corrected chi connectivity index (χ2v) is 6.88. The van der Waals surface area contributed by atoms with Gasteiger partial charge in [-0.1, -0.05) is 0 Å². The van der Waals surface area contributed by atoms with E-state index in [0.717, 1.165) is 6.61 Å². The smallest absolute Gasteiger partial charge is 0.245 e. The number of aromatic nitrogens is 2. The van der Waals surface area contributed by atoms with Crippen LogP contribution >= 0.6 is 0 Å². The number of hydrogen-bond donors (Lipinski definition) is 1. The third kappa shape index (κ3) is 3.87. The minimum atomic E-state index is -3.55. The molecule has 1 N–H and O–H groups in total. The van der Waals surface area contributed by atoms with Gasteiger partial charge in [-0.05, 0) is 18.8 Å². The molecule has 112 valence electrons. The van der Waals surface area contributed by atoms with Gasteiger partial charge in [0, 0.05) is 27.2 Å². The summed E-state index contributed by atoms with van der Waals surface area (Å²) in [5, 5.41) is 2.74. The van der Waals surface area contributed by atoms with Crippen LogP contribution in [-0.2, 0) is 14.8 Å². The molecule has 1 heterocycles. The van der Waals surface area contributed by atoms with E-state index in [0.29, 0.717) is 25.0 Å². The maximum atomic E-state index is 12.2. The summed E-state index contributed by atoms with van der Waals surface area (Å²) in [7, 11) is -0.345. The minimum Gasteiger partial charge on any atom is -0.380 e. The first-order chi connectivity index (χ1) is 9.54. The van der Waals surface area contributed by atoms with Crippen molar-refractivity contribution >= 4 is 16.0 Å². The molecule has 1 aliphatic carbocycles. The third-order valence-corrected chi connectivity index (χ3v) is 4.97. The van der Waals surface area contributed by atoms with Crippen molar-refractivity contribution in [2.75, 3.05) is 39.2 Å². The van der Waals surface area contributed by atoms with Gasteiger partial charge in [-0.25, -0.2) is 18.4 Å². The van der Waals surface area contributed by atoms with E-state index in [1.54, 1.807) is 7.05 Å². The minimum absolute atomic E-state index is 0.0844. The van der Waals surface area contributed by atoms with Gasteiger partial charge in [0.15, 0.2) is 0 Å². The normalized spacial score (nSPS) is 15.6. The van der Waals surface area contributed by atoms with Crippen LogP contribution in [0.25, 0.3) is 0 Å². The molecule has 0 amide bonds. The molecule has 0 spiro atoms. The summed E-state index contributed by atoms with van der Waals surface area (Å²) >= 11 is 0. The Labute approximate surface area is 119 Å². The van der Waals surface area contributed by atoms with E-state index in [4.69, 9.17) is 4.74 Å². The van der Waals surface area contributed by atoms with Crippen LogP contribution in [0.15, 0.2) is 17.3 Å². The van der Waals surface area contributed by atoms with Crippen LogP contribution in [0.5, 0.6) is 0 Å². The van der Waals surface area contributed by atoms with Gasteiger partial charge < -0.3 is 10.1 Å². The monoisotopic (exact) mass is 300 g/mol. The SMILES string of the molecule is CNc1ncc(S(=O)(=O)N(C)CCOCC2CC2)cn1. The van der Waals surface area contributed by atoms with Gasteiger partial charge in [-0.3, -0.25) is 0 Å². The lowest BCUT2D eigenvalue weighted by Crippen LogP contribution is -2.30. The summed E-state index contributed by atoms with van der Waals surface area (Å²) in [5.41, 5.74) is 0. The predicted molar refractivity (Wildman–Crippen MR) is 74.9 cm³/mol. The van der Waals surface area contributed by atoms with Crippen molar-refractivity contribution in [3.8, 4) is 0 Å². The molecule has 1 aromatic rings. The van der Waals surface area contributed by atoms with Crippen LogP contribution in [0, 0.1) is 5.92 Å². The highest BCUT2D eigenvalue weighted by molar-refractivity contribution is 7.89. The van der Waals surface area contributed by atoms with Gasteiger partial charge in [-0.2, -0.15) is 4.31 Å². The topological polar surface area (TPSA) is 84.4 Å². The molecular weight excluding hydrogens is 280 g/mol. The Balaban J connectivity index is 1.89. The quantitative estimate of drug-likeness (QED) is 0.706. The predicted octanol–water partition coefficient (Wildman–Crippen LogP) is 0.565. The number of sulfonamides is 1. The lowest BCUT2D eigenvalue weighted by Gasteiger charge is -2.16. The molecule has 0 aromatic carbocycles. The van der Waals surface area contributed by atoms with E-state index in [1.165, 1.54) is 36.6 Å². The number of hydrogen-bond acceptors (Lipinski definition) is 6. The zero-order valence-corrected chi connectivity index (χ0v) is 12.6. The molecule has 1 saturated carbocycles. The van der Waals surface area contributed by atoms with Crippen molar-refractivity contribution in [3.63, 3.8) is 0 Å². The van der Waals surface area contributed by atoms with Gasteiger partial charge >= 0.3 is 0 Å². The molecule has 2 rings (SSSR count). The highest BCUT2D eigenvalue weighted by Crippen LogP contribution is 2.28. The second kappa shape index (κ2) is 6.47. The van der Waals surface area contributed by atoms with Crippen LogP contribution in [0.1, 0.15) is 12.8 Å². The number of nitrogens with zero attached hydrogens (tertiary/aromatic N) is 3. The standard InChI is InChI=1S/C12H20N4O3S/c1-13-12-14-7-11(8-15-12)20(17,18)16(2)5-6-19-9-10-3-4-10/h7-8,10H,3-6,9H2,1-2H3,(H,13,14,15). The average molecular weight is 300 g/mol. The Kier molecular flexibility index (Phi) is 4.90. The summed E-state index contributed by atoms with van der Waals surface area (Å²) < 4.78 is 31.2. The first-order valence-corrected chi connectivity index (χ1v) is 8.02. The average Bonchev–Trinajstić information content (AvgIpc) is 3.27. The molecule has 1 aliphatic rings. The lowest BCUT2D eigenvalue weighted by molar-refractivity contribution is 0.117. The molecule has 0 atom stereocenters. The van der Waals surface area contributed by atoms with E-state index in [1.807, 2.05) is 0 Å². The Morgan fingerprint density at radius 1 is 1.40 bits per heavy atom. The third-order valence-electron chi connectivity index (χ3n) is 3.16. The Hall–Kier alpha value is -1.25. The van der Waals surface area contributed by atoms with Gasteiger partial charge in [0.05, 0.1) is 19.0 Å². The van der Waals surface area contributed by atoms with E-state index >= 15 is 0 Å². The molecule has 0 unspecified atom stereocenters. The van der Waals surface area contributed by atoms with Crippen molar-refractivity contribution in [2.45, 2.75) is 17.7 Å². The largest absolute Gasteiger partial charge is 0.380 e. The Morgan fingerprint density at radius 3 is 2.60 bits per heavy atom. The van der Waals surface area contributed by atoms with Gasteiger partial charge in [-0.15, -0.1) is 0 Å². The lowest BCUT2D eigenvalue weighted by atomic mass is 10.5. The maximum absolute atomic E-state index is 12.2. The number of rotatable bonds is 8. The molecule has 0 radical (unpaired) electrons. The Morgan fingerprint density at radius 2 is 2.05 bits per heavy atom. The maximum Gasteiger partial charge on any atom is 0.245 e. The molecule has 0 bridgehead atoms. The summed E-state index contributed by atoms with van der Waals surface area (Å²) in [6, 6.07) is 0. The van der Waals surface area contributed by atoms with Gasteiger partial charge in [0.2, 0.25) is 16.0 Å². The number of ether oxygens (including phenoxy) is 1. The Bertz CT molecular complexity index is 528. The first-order valence-electron chi connectivity index (χ1n) is 6.58. The fourth-order valence-corrected chi connectivity index (χ4v) is 2.65. The molecular formula is C12H20N4O3S. The highest BCUT2D eigenvalue weighted by atomic mass is 32.2. The van der Waals surface area contributed by atoms with Crippen molar-refractivity contribution in [2.24, 2.45) is 5.92 Å². The van der Waals surface area contributed by atoms with Crippen LogP contribution in [0.4, 0.5) is 5.95 Å².